The van der Waals surface area contributed by atoms with Crippen LogP contribution >= 0.6 is 47.9 Å². The van der Waals surface area contributed by atoms with Gasteiger partial charge in [-0.05, 0) is 6.92 Å². The number of rotatable bonds is 0. The molecular weight excluding hydrogens is 355 g/mol. The number of halogens is 4. The summed E-state index contributed by atoms with van der Waals surface area (Å²) in [5.41, 5.74) is 0. The molecule has 11 heavy (non-hydrogen) atoms. The molecule has 0 rings (SSSR count). The molecule has 0 N–H and O–H groups in total. The van der Waals surface area contributed by atoms with Gasteiger partial charge in [-0.3, -0.25) is 0 Å². The first-order chi connectivity index (χ1) is 4.64. The van der Waals surface area contributed by atoms with Crippen LogP contribution in [0.2, 0.25) is 0 Å². The number of thiocarbonyl (C=S) groups is 1. The summed E-state index contributed by atoms with van der Waals surface area (Å²) >= 11 is 1.45. The molecule has 0 unspecified atom stereocenters. The van der Waals surface area contributed by atoms with Gasteiger partial charge in [0.05, 0.1) is 4.99 Å². The summed E-state index contributed by atoms with van der Waals surface area (Å²) in [6.07, 6.45) is 0. The summed E-state index contributed by atoms with van der Waals surface area (Å²) in [5, 5.41) is 0. The van der Waals surface area contributed by atoms with Crippen LogP contribution in [0.5, 0.6) is 0 Å². The molecule has 1 nitrogen and oxygen atoms in total. The van der Waals surface area contributed by atoms with Crippen molar-refractivity contribution in [1.82, 2.24) is 4.90 Å². The molecule has 0 aliphatic heterocycles. The van der Waals surface area contributed by atoms with E-state index in [4.69, 9.17) is 47.9 Å². The first-order valence-corrected chi connectivity index (χ1v) is 17.4. The molecule has 0 aromatic rings. The third kappa shape index (κ3) is 33.6. The zero-order valence-electron chi connectivity index (χ0n) is 6.37. The first-order valence-electron chi connectivity index (χ1n) is 2.58. The number of nitrogens with zero attached hydrogens (tertiary/aromatic N) is 1. The Morgan fingerprint density at radius 3 is 1.27 bits per heavy atom. The Kier molecular flexibility index (Phi) is 10.1. The second-order valence-corrected chi connectivity index (χ2v) is 27.9. The third-order valence-corrected chi connectivity index (χ3v) is 0.995. The van der Waals surface area contributed by atoms with Crippen LogP contribution in [0.4, 0.5) is 0 Å². The van der Waals surface area contributed by atoms with Crippen molar-refractivity contribution in [2.45, 2.75) is 6.92 Å². The van der Waals surface area contributed by atoms with Gasteiger partial charge in [0.15, 0.2) is 0 Å². The Morgan fingerprint density at radius 1 is 1.18 bits per heavy atom. The molecule has 68 valence electrons. The van der Waals surface area contributed by atoms with Gasteiger partial charge in [-0.25, -0.2) is 0 Å². The quantitative estimate of drug-likeness (QED) is 0.480. The monoisotopic (exact) mass is 363 g/mol. The van der Waals surface area contributed by atoms with E-state index in [1.54, 1.807) is 0 Å². The van der Waals surface area contributed by atoms with Crippen molar-refractivity contribution >= 4 is 66.8 Å². The fourth-order valence-corrected chi connectivity index (χ4v) is 0. The van der Waals surface area contributed by atoms with Crippen molar-refractivity contribution in [3.63, 3.8) is 0 Å². The summed E-state index contributed by atoms with van der Waals surface area (Å²) in [6, 6.07) is 0. The minimum absolute atomic E-state index is 0.926. The van der Waals surface area contributed by atoms with E-state index >= 15 is 0 Å². The van der Waals surface area contributed by atoms with Crippen molar-refractivity contribution in [2.75, 3.05) is 14.1 Å². The SMILES string of the molecule is CC(=S)N(C)C.[Cl][Sn]([Cl])([Cl])[Cl]. The van der Waals surface area contributed by atoms with Gasteiger partial charge in [0.25, 0.3) is 0 Å². The van der Waals surface area contributed by atoms with Crippen molar-refractivity contribution < 1.29 is 0 Å². The normalized spacial score (nSPS) is 9.73. The second-order valence-electron chi connectivity index (χ2n) is 1.84. The van der Waals surface area contributed by atoms with Crippen LogP contribution in [0, 0.1) is 0 Å². The molecule has 0 aliphatic carbocycles. The fraction of sp³-hybridized carbons (Fsp3) is 0.750. The van der Waals surface area contributed by atoms with Gasteiger partial charge in [0, 0.05) is 14.1 Å². The van der Waals surface area contributed by atoms with E-state index in [1.165, 1.54) is 0 Å². The Labute approximate surface area is 91.7 Å². The molecule has 0 atom stereocenters. The van der Waals surface area contributed by atoms with E-state index in [2.05, 4.69) is 0 Å². The summed E-state index contributed by atoms with van der Waals surface area (Å²) in [6.45, 7) is 1.90. The van der Waals surface area contributed by atoms with Gasteiger partial charge in [0.1, 0.15) is 0 Å². The van der Waals surface area contributed by atoms with E-state index in [1.807, 2.05) is 25.9 Å². The molecule has 0 heterocycles. The van der Waals surface area contributed by atoms with Crippen molar-refractivity contribution in [1.29, 1.82) is 0 Å². The van der Waals surface area contributed by atoms with Crippen LogP contribution in [0.3, 0.4) is 0 Å². The Balaban J connectivity index is 0. The predicted molar refractivity (Wildman–Crippen MR) is 61.1 cm³/mol. The van der Waals surface area contributed by atoms with Crippen LogP contribution in [-0.4, -0.2) is 37.9 Å². The molecular formula is C4H9Cl4NSSn. The minimum atomic E-state index is -3.29. The summed E-state index contributed by atoms with van der Waals surface area (Å²) < 4.78 is 0. The third-order valence-electron chi connectivity index (χ3n) is 0.630. The van der Waals surface area contributed by atoms with Crippen molar-refractivity contribution in [3.05, 3.63) is 0 Å². The first kappa shape index (κ1) is 15.3. The van der Waals surface area contributed by atoms with Gasteiger partial charge in [-0.2, -0.15) is 0 Å². The van der Waals surface area contributed by atoms with E-state index in [0.717, 1.165) is 4.99 Å². The average Bonchev–Trinajstić information content (AvgIpc) is 1.59. The second kappa shape index (κ2) is 7.27. The van der Waals surface area contributed by atoms with Crippen LogP contribution in [0.1, 0.15) is 6.92 Å². The zero-order chi connectivity index (χ0) is 9.65. The fourth-order valence-electron chi connectivity index (χ4n) is 0. The van der Waals surface area contributed by atoms with Gasteiger partial charge in [-0.1, -0.05) is 12.2 Å². The molecule has 0 radical (unpaired) electrons. The summed E-state index contributed by atoms with van der Waals surface area (Å²) in [7, 11) is 24.0. The molecule has 0 saturated heterocycles. The van der Waals surface area contributed by atoms with Crippen molar-refractivity contribution in [3.8, 4) is 0 Å². The Hall–Kier alpha value is 1.85. The molecule has 0 aliphatic rings. The molecule has 0 aromatic heterocycles. The van der Waals surface area contributed by atoms with Gasteiger partial charge in [0.2, 0.25) is 0 Å². The Bertz CT molecular complexity index is 118. The van der Waals surface area contributed by atoms with Gasteiger partial charge >= 0.3 is 49.6 Å². The molecule has 0 aromatic carbocycles. The Morgan fingerprint density at radius 2 is 1.27 bits per heavy atom. The maximum absolute atomic E-state index is 5.04. The number of hydrogen-bond acceptors (Lipinski definition) is 1. The average molecular weight is 364 g/mol. The molecule has 0 saturated carbocycles. The van der Waals surface area contributed by atoms with Crippen molar-refractivity contribution in [2.24, 2.45) is 0 Å². The summed E-state index contributed by atoms with van der Waals surface area (Å²) in [4.78, 5) is 2.82. The van der Waals surface area contributed by atoms with Gasteiger partial charge < -0.3 is 4.90 Å². The van der Waals surface area contributed by atoms with Crippen LogP contribution in [-0.2, 0) is 0 Å². The maximum atomic E-state index is 5.04. The van der Waals surface area contributed by atoms with E-state index in [9.17, 15) is 0 Å². The van der Waals surface area contributed by atoms with Crippen LogP contribution in [0.15, 0.2) is 0 Å². The van der Waals surface area contributed by atoms with Crippen LogP contribution in [0.25, 0.3) is 0 Å². The molecule has 0 bridgehead atoms. The topological polar surface area (TPSA) is 3.24 Å². The van der Waals surface area contributed by atoms with Crippen LogP contribution < -0.4 is 0 Å². The van der Waals surface area contributed by atoms with E-state index in [0.29, 0.717) is 0 Å². The molecule has 0 fully saturated rings. The number of hydrogen-bond donors (Lipinski definition) is 0. The zero-order valence-corrected chi connectivity index (χ0v) is 13.1. The summed E-state index contributed by atoms with van der Waals surface area (Å²) in [5.74, 6) is 0. The molecule has 7 heteroatoms. The van der Waals surface area contributed by atoms with E-state index < -0.39 is 13.9 Å². The molecule has 0 amide bonds. The van der Waals surface area contributed by atoms with E-state index in [-0.39, 0.29) is 0 Å². The van der Waals surface area contributed by atoms with Gasteiger partial charge in [-0.15, -0.1) is 0 Å². The standard InChI is InChI=1S/C4H9NS.4ClH.Sn/c1-4(6)5(2)3;;;;;/h1-3H3;4*1H;/q;;;;;+4/p-4. The predicted octanol–water partition coefficient (Wildman–Crippen LogP) is 3.27. The molecule has 0 spiro atoms.